The van der Waals surface area contributed by atoms with E-state index in [-0.39, 0.29) is 0 Å². The minimum atomic E-state index is 0.320. The highest BCUT2D eigenvalue weighted by atomic mass is 16.1. The number of nitrogens with zero attached hydrogens (tertiary/aromatic N) is 1. The molecule has 0 aromatic heterocycles. The van der Waals surface area contributed by atoms with Crippen molar-refractivity contribution in [2.24, 2.45) is 17.3 Å². The lowest BCUT2D eigenvalue weighted by molar-refractivity contribution is -0.128. The Labute approximate surface area is 124 Å². The average molecular weight is 277 g/mol. The minimum absolute atomic E-state index is 0.320. The molecule has 3 rings (SSSR count). The second-order valence-electron chi connectivity index (χ2n) is 8.28. The molecule has 1 aliphatic heterocycles. The van der Waals surface area contributed by atoms with Gasteiger partial charge in [-0.05, 0) is 56.4 Å². The summed E-state index contributed by atoms with van der Waals surface area (Å²) < 4.78 is 0. The number of carbonyl (C=O) groups is 1. The largest absolute Gasteiger partial charge is 0.299 e. The van der Waals surface area contributed by atoms with E-state index in [9.17, 15) is 4.79 Å². The Bertz CT molecular complexity index is 356. The van der Waals surface area contributed by atoms with Crippen LogP contribution in [-0.2, 0) is 4.79 Å². The molecule has 0 aromatic carbocycles. The molecular formula is C18H31NO. The van der Waals surface area contributed by atoms with Crippen LogP contribution in [0.3, 0.4) is 0 Å². The van der Waals surface area contributed by atoms with Crippen molar-refractivity contribution >= 4 is 5.78 Å². The molecule has 2 atom stereocenters. The number of hydrogen-bond acceptors (Lipinski definition) is 2. The van der Waals surface area contributed by atoms with Crippen molar-refractivity contribution in [1.82, 2.24) is 4.90 Å². The molecule has 2 nitrogen and oxygen atoms in total. The van der Waals surface area contributed by atoms with Crippen LogP contribution in [0.4, 0.5) is 0 Å². The van der Waals surface area contributed by atoms with Crippen LogP contribution in [0.25, 0.3) is 0 Å². The van der Waals surface area contributed by atoms with Gasteiger partial charge in [-0.25, -0.2) is 0 Å². The van der Waals surface area contributed by atoms with Crippen molar-refractivity contribution in [3.05, 3.63) is 0 Å². The number of Topliss-reactive ketones (excluding diaryl/α,β-unsaturated/α-hetero) is 1. The van der Waals surface area contributed by atoms with Gasteiger partial charge in [0.05, 0.1) is 0 Å². The zero-order valence-electron chi connectivity index (χ0n) is 13.4. The lowest BCUT2D eigenvalue weighted by Crippen LogP contribution is -2.42. The fourth-order valence-corrected chi connectivity index (χ4v) is 4.95. The Hall–Kier alpha value is -0.370. The second-order valence-corrected chi connectivity index (χ2v) is 8.28. The van der Waals surface area contributed by atoms with Crippen molar-refractivity contribution in [3.8, 4) is 0 Å². The van der Waals surface area contributed by atoms with Crippen molar-refractivity contribution in [2.45, 2.75) is 77.7 Å². The first kappa shape index (κ1) is 14.6. The van der Waals surface area contributed by atoms with Gasteiger partial charge in [-0.2, -0.15) is 0 Å². The second kappa shape index (κ2) is 5.79. The zero-order chi connectivity index (χ0) is 14.2. The summed E-state index contributed by atoms with van der Waals surface area (Å²) in [4.78, 5) is 15.0. The van der Waals surface area contributed by atoms with Gasteiger partial charge >= 0.3 is 0 Å². The molecule has 0 bridgehead atoms. The van der Waals surface area contributed by atoms with Gasteiger partial charge in [0.1, 0.15) is 5.78 Å². The Kier molecular flexibility index (Phi) is 4.21. The van der Waals surface area contributed by atoms with E-state index in [1.807, 2.05) is 0 Å². The molecule has 2 unspecified atom stereocenters. The highest BCUT2D eigenvalue weighted by Gasteiger charge is 2.38. The van der Waals surface area contributed by atoms with Crippen LogP contribution in [0.5, 0.6) is 0 Å². The Balaban J connectivity index is 1.62. The molecule has 3 fully saturated rings. The molecule has 0 spiro atoms. The first-order chi connectivity index (χ1) is 9.55. The summed E-state index contributed by atoms with van der Waals surface area (Å²) >= 11 is 0. The molecule has 0 aromatic rings. The number of rotatable bonds is 3. The summed E-state index contributed by atoms with van der Waals surface area (Å²) in [5.41, 5.74) is 0.376. The van der Waals surface area contributed by atoms with Crippen LogP contribution in [0.2, 0.25) is 0 Å². The van der Waals surface area contributed by atoms with E-state index in [1.165, 1.54) is 45.1 Å². The predicted octanol–water partition coefficient (Wildman–Crippen LogP) is 4.04. The maximum Gasteiger partial charge on any atom is 0.137 e. The van der Waals surface area contributed by atoms with E-state index in [2.05, 4.69) is 18.7 Å². The number of ketones is 1. The molecule has 0 radical (unpaired) electrons. The van der Waals surface area contributed by atoms with Crippen molar-refractivity contribution in [3.63, 3.8) is 0 Å². The first-order valence-corrected chi connectivity index (χ1v) is 8.82. The smallest absolute Gasteiger partial charge is 0.137 e. The predicted molar refractivity (Wildman–Crippen MR) is 82.7 cm³/mol. The van der Waals surface area contributed by atoms with E-state index in [0.717, 1.165) is 37.8 Å². The summed E-state index contributed by atoms with van der Waals surface area (Å²) in [7, 11) is 0. The third kappa shape index (κ3) is 3.10. The van der Waals surface area contributed by atoms with E-state index in [1.54, 1.807) is 0 Å². The van der Waals surface area contributed by atoms with Crippen molar-refractivity contribution < 1.29 is 4.79 Å². The molecule has 1 heterocycles. The van der Waals surface area contributed by atoms with Gasteiger partial charge < -0.3 is 0 Å². The normalized spacial score (nSPS) is 35.8. The molecule has 2 heteroatoms. The summed E-state index contributed by atoms with van der Waals surface area (Å²) in [5, 5.41) is 0. The van der Waals surface area contributed by atoms with E-state index >= 15 is 0 Å². The highest BCUT2D eigenvalue weighted by Crippen LogP contribution is 2.40. The Morgan fingerprint density at radius 3 is 2.65 bits per heavy atom. The van der Waals surface area contributed by atoms with E-state index in [0.29, 0.717) is 17.1 Å². The summed E-state index contributed by atoms with van der Waals surface area (Å²) in [6, 6.07) is 0.801. The molecule has 3 aliphatic rings. The Morgan fingerprint density at radius 1 is 1.15 bits per heavy atom. The molecular weight excluding hydrogens is 246 g/mol. The summed E-state index contributed by atoms with van der Waals surface area (Å²) in [6.45, 7) is 6.98. The standard InChI is InChI=1S/C18H31NO/c1-18(2)10-9-17(20)15(12-18)13-19-11-5-8-16(19)14-6-3-4-7-14/h14-16H,3-13H2,1-2H3. The van der Waals surface area contributed by atoms with Gasteiger partial charge in [0.25, 0.3) is 0 Å². The fourth-order valence-electron chi connectivity index (χ4n) is 4.95. The number of hydrogen-bond donors (Lipinski definition) is 0. The summed E-state index contributed by atoms with van der Waals surface area (Å²) in [6.07, 6.45) is 11.5. The first-order valence-electron chi connectivity index (χ1n) is 8.82. The van der Waals surface area contributed by atoms with Gasteiger partial charge in [-0.15, -0.1) is 0 Å². The van der Waals surface area contributed by atoms with Gasteiger partial charge in [0.15, 0.2) is 0 Å². The molecule has 0 N–H and O–H groups in total. The Morgan fingerprint density at radius 2 is 1.90 bits per heavy atom. The lowest BCUT2D eigenvalue weighted by atomic mass is 9.71. The zero-order valence-corrected chi connectivity index (χ0v) is 13.4. The third-order valence-electron chi connectivity index (χ3n) is 6.12. The number of likely N-dealkylation sites (tertiary alicyclic amines) is 1. The quantitative estimate of drug-likeness (QED) is 0.776. The van der Waals surface area contributed by atoms with Crippen LogP contribution in [0, 0.1) is 17.3 Å². The van der Waals surface area contributed by atoms with Crippen LogP contribution in [-0.4, -0.2) is 29.8 Å². The van der Waals surface area contributed by atoms with Crippen LogP contribution >= 0.6 is 0 Å². The van der Waals surface area contributed by atoms with Crippen LogP contribution in [0.1, 0.15) is 71.6 Å². The van der Waals surface area contributed by atoms with Gasteiger partial charge in [-0.1, -0.05) is 26.7 Å². The maximum absolute atomic E-state index is 12.3. The van der Waals surface area contributed by atoms with Gasteiger partial charge in [0, 0.05) is 24.9 Å². The molecule has 0 amide bonds. The summed E-state index contributed by atoms with van der Waals surface area (Å²) in [5.74, 6) is 1.80. The average Bonchev–Trinajstić information content (AvgIpc) is 3.03. The molecule has 2 aliphatic carbocycles. The molecule has 114 valence electrons. The van der Waals surface area contributed by atoms with Crippen molar-refractivity contribution in [1.29, 1.82) is 0 Å². The monoisotopic (exact) mass is 277 g/mol. The maximum atomic E-state index is 12.3. The minimum Gasteiger partial charge on any atom is -0.299 e. The van der Waals surface area contributed by atoms with Crippen LogP contribution in [0.15, 0.2) is 0 Å². The van der Waals surface area contributed by atoms with E-state index < -0.39 is 0 Å². The molecule has 1 saturated heterocycles. The highest BCUT2D eigenvalue weighted by molar-refractivity contribution is 5.82. The van der Waals surface area contributed by atoms with Gasteiger partial charge in [0.2, 0.25) is 0 Å². The number of carbonyl (C=O) groups excluding carboxylic acids is 1. The lowest BCUT2D eigenvalue weighted by Gasteiger charge is -2.38. The molecule has 20 heavy (non-hydrogen) atoms. The van der Waals surface area contributed by atoms with E-state index in [4.69, 9.17) is 0 Å². The molecule has 2 saturated carbocycles. The van der Waals surface area contributed by atoms with Gasteiger partial charge in [-0.3, -0.25) is 9.69 Å². The third-order valence-corrected chi connectivity index (χ3v) is 6.12. The van der Waals surface area contributed by atoms with Crippen LogP contribution < -0.4 is 0 Å². The SMILES string of the molecule is CC1(C)CCC(=O)C(CN2CCCC2C2CCCC2)C1. The fraction of sp³-hybridized carbons (Fsp3) is 0.944. The van der Waals surface area contributed by atoms with Crippen molar-refractivity contribution in [2.75, 3.05) is 13.1 Å². The topological polar surface area (TPSA) is 20.3 Å².